The zero-order valence-corrected chi connectivity index (χ0v) is 14.7. The van der Waals surface area contributed by atoms with Gasteiger partial charge in [-0.1, -0.05) is 47.1 Å². The number of carbonyl (C=O) groups is 1. The SMILES string of the molecule is CCC(C)C1NC(c2cccs2)N(CC(C)(C)CC)C1=O. The van der Waals surface area contributed by atoms with Gasteiger partial charge in [-0.2, -0.15) is 0 Å². The first-order chi connectivity index (χ1) is 9.89. The van der Waals surface area contributed by atoms with Gasteiger partial charge in [-0.05, 0) is 29.2 Å². The van der Waals surface area contributed by atoms with Crippen molar-refractivity contribution < 1.29 is 4.79 Å². The molecule has 0 aromatic carbocycles. The lowest BCUT2D eigenvalue weighted by atomic mass is 9.89. The summed E-state index contributed by atoms with van der Waals surface area (Å²) in [6, 6.07) is 4.14. The summed E-state index contributed by atoms with van der Waals surface area (Å²) in [5.41, 5.74) is 0.150. The number of thiophene rings is 1. The fourth-order valence-corrected chi connectivity index (χ4v) is 3.50. The van der Waals surface area contributed by atoms with Gasteiger partial charge in [0, 0.05) is 11.4 Å². The van der Waals surface area contributed by atoms with E-state index in [1.807, 2.05) is 0 Å². The number of nitrogens with one attached hydrogen (secondary N) is 1. The Bertz CT molecular complexity index is 469. The van der Waals surface area contributed by atoms with Crippen molar-refractivity contribution in [2.24, 2.45) is 11.3 Å². The highest BCUT2D eigenvalue weighted by Crippen LogP contribution is 2.34. The second-order valence-corrected chi connectivity index (χ2v) is 7.91. The molecule has 1 N–H and O–H groups in total. The molecule has 0 saturated carbocycles. The normalized spacial score (nSPS) is 24.6. The summed E-state index contributed by atoms with van der Waals surface area (Å²) in [4.78, 5) is 16.2. The first-order valence-corrected chi connectivity index (χ1v) is 8.87. The van der Waals surface area contributed by atoms with Crippen LogP contribution in [0.4, 0.5) is 0 Å². The fourth-order valence-electron chi connectivity index (χ4n) is 2.71. The Morgan fingerprint density at radius 2 is 2.14 bits per heavy atom. The van der Waals surface area contributed by atoms with E-state index in [-0.39, 0.29) is 23.5 Å². The average Bonchev–Trinajstić information content (AvgIpc) is 3.08. The van der Waals surface area contributed by atoms with Gasteiger partial charge in [0.25, 0.3) is 0 Å². The van der Waals surface area contributed by atoms with Gasteiger partial charge in [0.05, 0.1) is 6.04 Å². The van der Waals surface area contributed by atoms with Gasteiger partial charge >= 0.3 is 0 Å². The lowest BCUT2D eigenvalue weighted by Crippen LogP contribution is -2.39. The summed E-state index contributed by atoms with van der Waals surface area (Å²) in [6.45, 7) is 11.8. The van der Waals surface area contributed by atoms with Gasteiger partial charge in [0.2, 0.25) is 5.91 Å². The minimum absolute atomic E-state index is 0.0438. The molecular weight excluding hydrogens is 280 g/mol. The lowest BCUT2D eigenvalue weighted by molar-refractivity contribution is -0.132. The van der Waals surface area contributed by atoms with E-state index in [1.165, 1.54) is 4.88 Å². The van der Waals surface area contributed by atoms with E-state index >= 15 is 0 Å². The van der Waals surface area contributed by atoms with Crippen molar-refractivity contribution in [1.29, 1.82) is 0 Å². The van der Waals surface area contributed by atoms with E-state index in [2.05, 4.69) is 62.3 Å². The van der Waals surface area contributed by atoms with Crippen molar-refractivity contribution in [1.82, 2.24) is 10.2 Å². The van der Waals surface area contributed by atoms with E-state index in [9.17, 15) is 4.79 Å². The fraction of sp³-hybridized carbons (Fsp3) is 0.706. The van der Waals surface area contributed by atoms with Crippen LogP contribution in [0.2, 0.25) is 0 Å². The van der Waals surface area contributed by atoms with E-state index in [0.717, 1.165) is 19.4 Å². The molecule has 3 nitrogen and oxygen atoms in total. The smallest absolute Gasteiger partial charge is 0.241 e. The van der Waals surface area contributed by atoms with Crippen LogP contribution in [0.15, 0.2) is 17.5 Å². The minimum atomic E-state index is -0.0465. The van der Waals surface area contributed by atoms with Crippen molar-refractivity contribution >= 4 is 17.2 Å². The molecule has 1 aliphatic rings. The molecule has 2 rings (SSSR count). The Balaban J connectivity index is 2.26. The molecule has 1 saturated heterocycles. The van der Waals surface area contributed by atoms with Crippen LogP contribution in [0.5, 0.6) is 0 Å². The van der Waals surface area contributed by atoms with Crippen LogP contribution in [0.3, 0.4) is 0 Å². The van der Waals surface area contributed by atoms with Crippen LogP contribution in [0.25, 0.3) is 0 Å². The molecule has 1 aromatic rings. The van der Waals surface area contributed by atoms with Crippen LogP contribution in [0, 0.1) is 11.3 Å². The minimum Gasteiger partial charge on any atom is -0.320 e. The molecule has 3 atom stereocenters. The zero-order valence-electron chi connectivity index (χ0n) is 13.8. The summed E-state index contributed by atoms with van der Waals surface area (Å²) >= 11 is 1.72. The number of carbonyl (C=O) groups excluding carboxylic acids is 1. The molecule has 118 valence electrons. The first-order valence-electron chi connectivity index (χ1n) is 7.99. The molecule has 21 heavy (non-hydrogen) atoms. The molecule has 0 bridgehead atoms. The predicted molar refractivity (Wildman–Crippen MR) is 89.2 cm³/mol. The monoisotopic (exact) mass is 308 g/mol. The maximum Gasteiger partial charge on any atom is 0.241 e. The molecule has 3 unspecified atom stereocenters. The van der Waals surface area contributed by atoms with Crippen molar-refractivity contribution in [3.8, 4) is 0 Å². The van der Waals surface area contributed by atoms with Gasteiger partial charge < -0.3 is 4.90 Å². The standard InChI is InChI=1S/C17H28N2OS/c1-6-12(3)14-16(20)19(11-17(4,5)7-2)15(18-14)13-9-8-10-21-13/h8-10,12,14-15,18H,6-7,11H2,1-5H3. The first kappa shape index (κ1) is 16.5. The van der Waals surface area contributed by atoms with Crippen molar-refractivity contribution in [3.63, 3.8) is 0 Å². The third-order valence-corrected chi connectivity index (χ3v) is 5.70. The van der Waals surface area contributed by atoms with Crippen LogP contribution < -0.4 is 5.32 Å². The quantitative estimate of drug-likeness (QED) is 0.860. The van der Waals surface area contributed by atoms with E-state index in [1.54, 1.807) is 11.3 Å². The van der Waals surface area contributed by atoms with Crippen molar-refractivity contribution in [2.75, 3.05) is 6.54 Å². The van der Waals surface area contributed by atoms with Crippen LogP contribution in [-0.2, 0) is 4.79 Å². The summed E-state index contributed by atoms with van der Waals surface area (Å²) in [5.74, 6) is 0.638. The molecule has 0 radical (unpaired) electrons. The Labute approximate surface area is 132 Å². The third kappa shape index (κ3) is 3.49. The number of rotatable bonds is 6. The Kier molecular flexibility index (Phi) is 5.10. The summed E-state index contributed by atoms with van der Waals surface area (Å²) in [6.07, 6.45) is 2.13. The van der Waals surface area contributed by atoms with Crippen LogP contribution in [-0.4, -0.2) is 23.4 Å². The van der Waals surface area contributed by atoms with Gasteiger partial charge in [0.15, 0.2) is 0 Å². The highest BCUT2D eigenvalue weighted by atomic mass is 32.1. The van der Waals surface area contributed by atoms with Gasteiger partial charge in [-0.3, -0.25) is 10.1 Å². The number of hydrogen-bond acceptors (Lipinski definition) is 3. The molecular formula is C17H28N2OS. The number of nitrogens with zero attached hydrogens (tertiary/aromatic N) is 1. The molecule has 1 fully saturated rings. The summed E-state index contributed by atoms with van der Waals surface area (Å²) < 4.78 is 0. The van der Waals surface area contributed by atoms with Gasteiger partial charge in [-0.15, -0.1) is 11.3 Å². The maximum absolute atomic E-state index is 12.9. The van der Waals surface area contributed by atoms with Crippen molar-refractivity contribution in [3.05, 3.63) is 22.4 Å². The topological polar surface area (TPSA) is 32.3 Å². The van der Waals surface area contributed by atoms with E-state index in [0.29, 0.717) is 5.92 Å². The van der Waals surface area contributed by atoms with E-state index in [4.69, 9.17) is 0 Å². The molecule has 1 amide bonds. The third-order valence-electron chi connectivity index (χ3n) is 4.78. The highest BCUT2D eigenvalue weighted by Gasteiger charge is 2.43. The second kappa shape index (κ2) is 6.49. The molecule has 4 heteroatoms. The molecule has 1 aliphatic heterocycles. The van der Waals surface area contributed by atoms with E-state index < -0.39 is 0 Å². The molecule has 2 heterocycles. The number of hydrogen-bond donors (Lipinski definition) is 1. The van der Waals surface area contributed by atoms with Crippen molar-refractivity contribution in [2.45, 2.75) is 59.7 Å². The van der Waals surface area contributed by atoms with Crippen LogP contribution >= 0.6 is 11.3 Å². The van der Waals surface area contributed by atoms with Gasteiger partial charge in [-0.25, -0.2) is 0 Å². The Morgan fingerprint density at radius 1 is 1.43 bits per heavy atom. The molecule has 0 spiro atoms. The van der Waals surface area contributed by atoms with Crippen LogP contribution in [0.1, 0.15) is 58.5 Å². The van der Waals surface area contributed by atoms with Gasteiger partial charge in [0.1, 0.15) is 6.17 Å². The largest absolute Gasteiger partial charge is 0.320 e. The zero-order chi connectivity index (χ0) is 15.6. The predicted octanol–water partition coefficient (Wildman–Crippen LogP) is 4.03. The summed E-state index contributed by atoms with van der Waals surface area (Å²) in [7, 11) is 0. The second-order valence-electron chi connectivity index (χ2n) is 6.93. The highest BCUT2D eigenvalue weighted by molar-refractivity contribution is 7.10. The molecule has 1 aromatic heterocycles. The average molecular weight is 308 g/mol. The lowest BCUT2D eigenvalue weighted by Gasteiger charge is -2.32. The summed E-state index contributed by atoms with van der Waals surface area (Å²) in [5, 5.41) is 5.66. The maximum atomic E-state index is 12.9. The Hall–Kier alpha value is -0.870. The Morgan fingerprint density at radius 3 is 2.67 bits per heavy atom. The molecule has 0 aliphatic carbocycles. The number of amides is 1.